The maximum absolute atomic E-state index is 12.0. The molecule has 1 rings (SSSR count). The molecule has 1 atom stereocenters. The van der Waals surface area contributed by atoms with Crippen molar-refractivity contribution in [3.63, 3.8) is 0 Å². The van der Waals surface area contributed by atoms with Crippen molar-refractivity contribution in [2.75, 3.05) is 26.2 Å². The molecule has 7 N–H and O–H groups in total. The molecule has 0 saturated carbocycles. The standard InChI is InChI=1S/C28H43N5O8/c1-20-8-10-21(11-9-20)26(38)31-18-6-2-4-16-29-23(34)13-14-24(35)30-17-5-3-7-19-32-28(41)33-22(27(39)40)12-15-25(36)37/h8-11,22H,2-7,12-19H2,1H3,(H,29,34)(H,30,35)(H,31,38)(H,36,37)(H,39,40)(H2,32,33,41)/t22-/m1/s1. The van der Waals surface area contributed by atoms with E-state index in [0.717, 1.165) is 24.8 Å². The van der Waals surface area contributed by atoms with Crippen molar-refractivity contribution in [1.29, 1.82) is 0 Å². The van der Waals surface area contributed by atoms with E-state index in [0.29, 0.717) is 51.0 Å². The molecule has 13 heteroatoms. The van der Waals surface area contributed by atoms with Crippen LogP contribution in [0.15, 0.2) is 24.3 Å². The van der Waals surface area contributed by atoms with Crippen LogP contribution in [0.5, 0.6) is 0 Å². The zero-order valence-electron chi connectivity index (χ0n) is 23.6. The van der Waals surface area contributed by atoms with E-state index in [-0.39, 0.29) is 43.4 Å². The van der Waals surface area contributed by atoms with Gasteiger partial charge in [-0.15, -0.1) is 0 Å². The fraction of sp³-hybridized carbons (Fsp3) is 0.571. The third-order valence-corrected chi connectivity index (χ3v) is 6.07. The summed E-state index contributed by atoms with van der Waals surface area (Å²) < 4.78 is 0. The van der Waals surface area contributed by atoms with Crippen molar-refractivity contribution in [3.05, 3.63) is 35.4 Å². The maximum atomic E-state index is 12.0. The molecule has 0 aliphatic carbocycles. The van der Waals surface area contributed by atoms with E-state index < -0.39 is 24.0 Å². The highest BCUT2D eigenvalue weighted by Gasteiger charge is 2.20. The van der Waals surface area contributed by atoms with Gasteiger partial charge in [0.05, 0.1) is 0 Å². The van der Waals surface area contributed by atoms with E-state index in [9.17, 15) is 28.8 Å². The predicted molar refractivity (Wildman–Crippen MR) is 151 cm³/mol. The minimum absolute atomic E-state index is 0.0885. The van der Waals surface area contributed by atoms with Crippen molar-refractivity contribution in [2.45, 2.75) is 77.2 Å². The molecule has 0 heterocycles. The second-order valence-electron chi connectivity index (χ2n) is 9.67. The Balaban J connectivity index is 1.97. The largest absolute Gasteiger partial charge is 0.481 e. The van der Waals surface area contributed by atoms with Crippen LogP contribution < -0.4 is 26.6 Å². The van der Waals surface area contributed by atoms with Gasteiger partial charge in [0.25, 0.3) is 5.91 Å². The number of rotatable bonds is 21. The summed E-state index contributed by atoms with van der Waals surface area (Å²) in [6, 6.07) is 5.42. The summed E-state index contributed by atoms with van der Waals surface area (Å²) in [6.07, 6.45) is 4.03. The third-order valence-electron chi connectivity index (χ3n) is 6.07. The van der Waals surface area contributed by atoms with Crippen LogP contribution in [0, 0.1) is 6.92 Å². The number of aliphatic carboxylic acids is 2. The van der Waals surface area contributed by atoms with E-state index >= 15 is 0 Å². The summed E-state index contributed by atoms with van der Waals surface area (Å²) in [5.74, 6) is -2.95. The number of hydrogen-bond acceptors (Lipinski definition) is 6. The fourth-order valence-electron chi connectivity index (χ4n) is 3.66. The predicted octanol–water partition coefficient (Wildman–Crippen LogP) is 1.70. The summed E-state index contributed by atoms with van der Waals surface area (Å²) in [4.78, 5) is 69.3. The maximum Gasteiger partial charge on any atom is 0.326 e. The number of nitrogens with one attached hydrogen (secondary N) is 5. The van der Waals surface area contributed by atoms with Gasteiger partial charge in [-0.1, -0.05) is 17.7 Å². The van der Waals surface area contributed by atoms with Gasteiger partial charge < -0.3 is 36.8 Å². The molecule has 0 unspecified atom stereocenters. The topological polar surface area (TPSA) is 203 Å². The molecule has 13 nitrogen and oxygen atoms in total. The molecular formula is C28H43N5O8. The average molecular weight is 578 g/mol. The lowest BCUT2D eigenvalue weighted by Gasteiger charge is -2.14. The quantitative estimate of drug-likeness (QED) is 0.107. The molecule has 0 aliphatic heterocycles. The molecule has 5 amide bonds. The van der Waals surface area contributed by atoms with Crippen LogP contribution in [0.2, 0.25) is 0 Å². The lowest BCUT2D eigenvalue weighted by molar-refractivity contribution is -0.140. The Morgan fingerprint density at radius 1 is 0.659 bits per heavy atom. The first-order valence-corrected chi connectivity index (χ1v) is 14.0. The number of carboxylic acid groups (broad SMARTS) is 2. The Labute approximate surface area is 240 Å². The second-order valence-corrected chi connectivity index (χ2v) is 9.67. The Bertz CT molecular complexity index is 1000. The molecule has 228 valence electrons. The molecule has 0 saturated heterocycles. The second kappa shape index (κ2) is 20.7. The summed E-state index contributed by atoms with van der Waals surface area (Å²) in [5.41, 5.74) is 1.73. The highest BCUT2D eigenvalue weighted by molar-refractivity contribution is 5.94. The lowest BCUT2D eigenvalue weighted by atomic mass is 10.1. The molecule has 0 spiro atoms. The number of carboxylic acids is 2. The van der Waals surface area contributed by atoms with Crippen molar-refractivity contribution >= 4 is 35.7 Å². The van der Waals surface area contributed by atoms with E-state index in [1.54, 1.807) is 12.1 Å². The number of unbranched alkanes of at least 4 members (excludes halogenated alkanes) is 4. The Hall–Kier alpha value is -4.16. The zero-order chi connectivity index (χ0) is 30.5. The number of benzene rings is 1. The third kappa shape index (κ3) is 17.9. The minimum Gasteiger partial charge on any atom is -0.481 e. The molecule has 1 aromatic rings. The first kappa shape index (κ1) is 34.9. The van der Waals surface area contributed by atoms with Gasteiger partial charge >= 0.3 is 18.0 Å². The molecule has 0 bridgehead atoms. The van der Waals surface area contributed by atoms with Crippen molar-refractivity contribution < 1.29 is 39.0 Å². The summed E-state index contributed by atoms with van der Waals surface area (Å²) in [5, 5.41) is 30.8. The smallest absolute Gasteiger partial charge is 0.326 e. The van der Waals surface area contributed by atoms with E-state index in [4.69, 9.17) is 10.2 Å². The number of amides is 5. The SMILES string of the molecule is Cc1ccc(C(=O)NCCCCCNC(=O)CCC(=O)NCCCCCNC(=O)N[C@H](CCC(=O)O)C(=O)O)cc1. The number of aryl methyl sites for hydroxylation is 1. The minimum atomic E-state index is -1.30. The molecular weight excluding hydrogens is 534 g/mol. The first-order valence-electron chi connectivity index (χ1n) is 14.0. The molecule has 0 fully saturated rings. The number of carbonyl (C=O) groups excluding carboxylic acids is 4. The van der Waals surface area contributed by atoms with Gasteiger partial charge in [-0.2, -0.15) is 0 Å². The zero-order valence-corrected chi connectivity index (χ0v) is 23.6. The monoisotopic (exact) mass is 577 g/mol. The van der Waals surface area contributed by atoms with Gasteiger partial charge in [-0.3, -0.25) is 19.2 Å². The van der Waals surface area contributed by atoms with Gasteiger partial charge in [0, 0.05) is 51.0 Å². The molecule has 1 aromatic carbocycles. The average Bonchev–Trinajstić information content (AvgIpc) is 2.93. The highest BCUT2D eigenvalue weighted by atomic mass is 16.4. The summed E-state index contributed by atoms with van der Waals surface area (Å²) in [7, 11) is 0. The van der Waals surface area contributed by atoms with Gasteiger partial charge in [-0.05, 0) is 64.0 Å². The van der Waals surface area contributed by atoms with Gasteiger partial charge in [0.15, 0.2) is 0 Å². The van der Waals surface area contributed by atoms with Crippen molar-refractivity contribution in [2.24, 2.45) is 0 Å². The Morgan fingerprint density at radius 3 is 1.63 bits per heavy atom. The lowest BCUT2D eigenvalue weighted by Crippen LogP contribution is -2.46. The highest BCUT2D eigenvalue weighted by Crippen LogP contribution is 2.03. The van der Waals surface area contributed by atoms with Gasteiger partial charge in [0.2, 0.25) is 11.8 Å². The molecule has 0 aliphatic rings. The van der Waals surface area contributed by atoms with E-state index in [2.05, 4.69) is 26.6 Å². The van der Waals surface area contributed by atoms with Gasteiger partial charge in [-0.25, -0.2) is 9.59 Å². The van der Waals surface area contributed by atoms with Crippen LogP contribution in [0.4, 0.5) is 4.79 Å². The van der Waals surface area contributed by atoms with Crippen LogP contribution in [0.25, 0.3) is 0 Å². The number of carbonyl (C=O) groups is 6. The Morgan fingerprint density at radius 2 is 1.15 bits per heavy atom. The van der Waals surface area contributed by atoms with Crippen molar-refractivity contribution in [3.8, 4) is 0 Å². The Kier molecular flexibility index (Phi) is 17.6. The molecule has 0 radical (unpaired) electrons. The van der Waals surface area contributed by atoms with Crippen LogP contribution in [0.1, 0.15) is 80.1 Å². The summed E-state index contributed by atoms with van der Waals surface area (Å²) in [6.45, 7) is 3.78. The van der Waals surface area contributed by atoms with Crippen LogP contribution in [-0.2, 0) is 19.2 Å². The number of hydrogen-bond donors (Lipinski definition) is 7. The van der Waals surface area contributed by atoms with E-state index in [1.807, 2.05) is 19.1 Å². The number of urea groups is 1. The van der Waals surface area contributed by atoms with Crippen LogP contribution in [0.3, 0.4) is 0 Å². The first-order chi connectivity index (χ1) is 19.6. The molecule has 0 aromatic heterocycles. The molecule has 41 heavy (non-hydrogen) atoms. The van der Waals surface area contributed by atoms with Crippen molar-refractivity contribution in [1.82, 2.24) is 26.6 Å². The summed E-state index contributed by atoms with van der Waals surface area (Å²) >= 11 is 0. The normalized spacial score (nSPS) is 11.1. The van der Waals surface area contributed by atoms with E-state index in [1.165, 1.54) is 0 Å². The fourth-order valence-corrected chi connectivity index (χ4v) is 3.66. The van der Waals surface area contributed by atoms with Gasteiger partial charge in [0.1, 0.15) is 6.04 Å². The van der Waals surface area contributed by atoms with Crippen LogP contribution in [-0.4, -0.2) is 78.1 Å². The van der Waals surface area contributed by atoms with Crippen LogP contribution >= 0.6 is 0 Å².